The van der Waals surface area contributed by atoms with Crippen molar-refractivity contribution in [2.24, 2.45) is 0 Å². The number of hydrogen-bond donors (Lipinski definition) is 1. The maximum atomic E-state index is 12.3. The summed E-state index contributed by atoms with van der Waals surface area (Å²) in [4.78, 5) is 25.0. The molecule has 0 radical (unpaired) electrons. The molecule has 2 aromatic rings. The number of aromatic nitrogens is 2. The number of carbonyl (C=O) groups is 1. The van der Waals surface area contributed by atoms with E-state index in [1.807, 2.05) is 17.9 Å². The molecule has 1 saturated heterocycles. The van der Waals surface area contributed by atoms with Gasteiger partial charge in [-0.05, 0) is 41.3 Å². The fourth-order valence-electron chi connectivity index (χ4n) is 2.78. The molecule has 1 N–H and O–H groups in total. The van der Waals surface area contributed by atoms with Crippen LogP contribution >= 0.6 is 11.3 Å². The minimum Gasteiger partial charge on any atom is -0.353 e. The Labute approximate surface area is 146 Å². The number of amides is 2. The molecule has 0 bridgehead atoms. The molecular weight excluding hydrogens is 322 g/mol. The lowest BCUT2D eigenvalue weighted by Gasteiger charge is -2.35. The maximum Gasteiger partial charge on any atom is 0.317 e. The Bertz CT molecular complexity index is 667. The van der Waals surface area contributed by atoms with Gasteiger partial charge in [0.2, 0.25) is 0 Å². The Morgan fingerprint density at radius 1 is 1.33 bits per heavy atom. The lowest BCUT2D eigenvalue weighted by Crippen LogP contribution is -2.52. The van der Waals surface area contributed by atoms with Gasteiger partial charge in [-0.1, -0.05) is 6.92 Å². The molecule has 2 amide bonds. The van der Waals surface area contributed by atoms with Crippen LogP contribution in [-0.2, 0) is 0 Å². The third-order valence-electron chi connectivity index (χ3n) is 4.32. The fourth-order valence-corrected chi connectivity index (χ4v) is 3.57. The van der Waals surface area contributed by atoms with Crippen LogP contribution in [0.1, 0.15) is 24.2 Å². The van der Waals surface area contributed by atoms with E-state index in [0.29, 0.717) is 25.6 Å². The number of nitrogens with one attached hydrogen (secondary N) is 1. The molecule has 0 aromatic carbocycles. The van der Waals surface area contributed by atoms with Crippen LogP contribution in [0.4, 0.5) is 10.6 Å². The zero-order valence-corrected chi connectivity index (χ0v) is 14.9. The van der Waals surface area contributed by atoms with Crippen molar-refractivity contribution < 1.29 is 4.79 Å². The number of hydrogen-bond acceptors (Lipinski definition) is 5. The summed E-state index contributed by atoms with van der Waals surface area (Å²) in [6, 6.07) is 4.06. The van der Waals surface area contributed by atoms with E-state index >= 15 is 0 Å². The number of thiophene rings is 1. The molecule has 0 spiro atoms. The van der Waals surface area contributed by atoms with Crippen LogP contribution in [0.2, 0.25) is 0 Å². The summed E-state index contributed by atoms with van der Waals surface area (Å²) in [7, 11) is 0. The third-order valence-corrected chi connectivity index (χ3v) is 5.03. The van der Waals surface area contributed by atoms with Gasteiger partial charge in [0, 0.05) is 38.9 Å². The average Bonchev–Trinajstić information content (AvgIpc) is 3.14. The van der Waals surface area contributed by atoms with E-state index in [4.69, 9.17) is 0 Å². The SMILES string of the molecule is Cc1nccc(N2CCN(C(=O)NCC(C)c3ccsc3)CC2)n1. The van der Waals surface area contributed by atoms with Crippen molar-refractivity contribution in [3.8, 4) is 0 Å². The summed E-state index contributed by atoms with van der Waals surface area (Å²) in [5.74, 6) is 2.05. The summed E-state index contributed by atoms with van der Waals surface area (Å²) in [6.07, 6.45) is 1.78. The highest BCUT2D eigenvalue weighted by atomic mass is 32.1. The van der Waals surface area contributed by atoms with Crippen molar-refractivity contribution in [2.45, 2.75) is 19.8 Å². The molecule has 24 heavy (non-hydrogen) atoms. The van der Waals surface area contributed by atoms with E-state index in [2.05, 4.69) is 43.9 Å². The van der Waals surface area contributed by atoms with Crippen LogP contribution in [0.15, 0.2) is 29.1 Å². The molecule has 3 rings (SSSR count). The lowest BCUT2D eigenvalue weighted by atomic mass is 10.1. The van der Waals surface area contributed by atoms with E-state index in [0.717, 1.165) is 24.7 Å². The predicted octanol–water partition coefficient (Wildman–Crippen LogP) is 2.48. The van der Waals surface area contributed by atoms with Crippen LogP contribution in [0.3, 0.4) is 0 Å². The van der Waals surface area contributed by atoms with E-state index in [9.17, 15) is 4.79 Å². The first-order valence-electron chi connectivity index (χ1n) is 8.23. The Kier molecular flexibility index (Phi) is 5.30. The number of carbonyl (C=O) groups excluding carboxylic acids is 1. The summed E-state index contributed by atoms with van der Waals surface area (Å²) >= 11 is 1.69. The molecule has 0 aliphatic carbocycles. The van der Waals surface area contributed by atoms with Gasteiger partial charge in [0.1, 0.15) is 11.6 Å². The van der Waals surface area contributed by atoms with Gasteiger partial charge >= 0.3 is 6.03 Å². The van der Waals surface area contributed by atoms with Gasteiger partial charge in [0.05, 0.1) is 0 Å². The molecule has 1 aliphatic heterocycles. The number of anilines is 1. The minimum atomic E-state index is 0.0237. The predicted molar refractivity (Wildman–Crippen MR) is 96.7 cm³/mol. The van der Waals surface area contributed by atoms with Gasteiger partial charge < -0.3 is 15.1 Å². The molecule has 0 saturated carbocycles. The summed E-state index contributed by atoms with van der Waals surface area (Å²) in [5.41, 5.74) is 1.28. The molecule has 1 atom stereocenters. The molecular formula is C17H23N5OS. The Hall–Kier alpha value is -2.15. The number of piperazine rings is 1. The van der Waals surface area contributed by atoms with Gasteiger partial charge in [-0.25, -0.2) is 14.8 Å². The monoisotopic (exact) mass is 345 g/mol. The first-order valence-corrected chi connectivity index (χ1v) is 9.17. The molecule has 6 nitrogen and oxygen atoms in total. The first kappa shape index (κ1) is 16.7. The molecule has 2 aromatic heterocycles. The van der Waals surface area contributed by atoms with Crippen LogP contribution in [0.5, 0.6) is 0 Å². The second-order valence-corrected chi connectivity index (χ2v) is 6.86. The van der Waals surface area contributed by atoms with Gasteiger partial charge in [0.15, 0.2) is 0 Å². The topological polar surface area (TPSA) is 61.4 Å². The van der Waals surface area contributed by atoms with Gasteiger partial charge in [0.25, 0.3) is 0 Å². The average molecular weight is 345 g/mol. The van der Waals surface area contributed by atoms with Gasteiger partial charge in [-0.15, -0.1) is 0 Å². The number of rotatable bonds is 4. The molecule has 3 heterocycles. The highest BCUT2D eigenvalue weighted by Gasteiger charge is 2.22. The van der Waals surface area contributed by atoms with Crippen molar-refractivity contribution in [3.63, 3.8) is 0 Å². The second kappa shape index (κ2) is 7.61. The van der Waals surface area contributed by atoms with Gasteiger partial charge in [-0.3, -0.25) is 0 Å². The number of aryl methyl sites for hydroxylation is 1. The van der Waals surface area contributed by atoms with E-state index in [-0.39, 0.29) is 6.03 Å². The van der Waals surface area contributed by atoms with Crippen LogP contribution in [0.25, 0.3) is 0 Å². The van der Waals surface area contributed by atoms with E-state index in [1.54, 1.807) is 17.5 Å². The minimum absolute atomic E-state index is 0.0237. The van der Waals surface area contributed by atoms with Crippen LogP contribution in [-0.4, -0.2) is 53.6 Å². The maximum absolute atomic E-state index is 12.3. The third kappa shape index (κ3) is 4.03. The normalized spacial score (nSPS) is 16.1. The highest BCUT2D eigenvalue weighted by Crippen LogP contribution is 2.17. The molecule has 1 aliphatic rings. The Morgan fingerprint density at radius 3 is 2.79 bits per heavy atom. The van der Waals surface area contributed by atoms with Crippen molar-refractivity contribution in [3.05, 3.63) is 40.5 Å². The summed E-state index contributed by atoms with van der Waals surface area (Å²) < 4.78 is 0. The fraction of sp³-hybridized carbons (Fsp3) is 0.471. The largest absolute Gasteiger partial charge is 0.353 e. The van der Waals surface area contributed by atoms with Crippen LogP contribution in [0, 0.1) is 6.92 Å². The van der Waals surface area contributed by atoms with Crippen molar-refractivity contribution >= 4 is 23.2 Å². The molecule has 7 heteroatoms. The summed E-state index contributed by atoms with van der Waals surface area (Å²) in [5, 5.41) is 7.26. The van der Waals surface area contributed by atoms with Crippen molar-refractivity contribution in [2.75, 3.05) is 37.6 Å². The van der Waals surface area contributed by atoms with Crippen molar-refractivity contribution in [1.82, 2.24) is 20.2 Å². The van der Waals surface area contributed by atoms with Crippen molar-refractivity contribution in [1.29, 1.82) is 0 Å². The zero-order valence-electron chi connectivity index (χ0n) is 14.1. The smallest absolute Gasteiger partial charge is 0.317 e. The Morgan fingerprint density at radius 2 is 2.12 bits per heavy atom. The summed E-state index contributed by atoms with van der Waals surface area (Å²) in [6.45, 7) is 7.71. The van der Waals surface area contributed by atoms with E-state index < -0.39 is 0 Å². The number of nitrogens with zero attached hydrogens (tertiary/aromatic N) is 4. The standard InChI is InChI=1S/C17H23N5OS/c1-13(15-4-10-24-12-15)11-19-17(23)22-8-6-21(7-9-22)16-3-5-18-14(2)20-16/h3-5,10,12-13H,6-9,11H2,1-2H3,(H,19,23). The first-order chi connectivity index (χ1) is 11.6. The highest BCUT2D eigenvalue weighted by molar-refractivity contribution is 7.07. The van der Waals surface area contributed by atoms with Gasteiger partial charge in [-0.2, -0.15) is 11.3 Å². The Balaban J connectivity index is 1.46. The molecule has 1 unspecified atom stereocenters. The quantitative estimate of drug-likeness (QED) is 0.925. The molecule has 128 valence electrons. The lowest BCUT2D eigenvalue weighted by molar-refractivity contribution is 0.193. The molecule has 1 fully saturated rings. The van der Waals surface area contributed by atoms with Crippen LogP contribution < -0.4 is 10.2 Å². The number of urea groups is 1. The zero-order chi connectivity index (χ0) is 16.9. The van der Waals surface area contributed by atoms with E-state index in [1.165, 1.54) is 5.56 Å². The second-order valence-electron chi connectivity index (χ2n) is 6.08.